The lowest BCUT2D eigenvalue weighted by Gasteiger charge is -2.16. The predicted octanol–water partition coefficient (Wildman–Crippen LogP) is 2.12. The molecule has 2 N–H and O–H groups in total. The zero-order chi connectivity index (χ0) is 14.6. The molecule has 0 radical (unpaired) electrons. The van der Waals surface area contributed by atoms with Gasteiger partial charge in [-0.2, -0.15) is 4.72 Å². The third-order valence-corrected chi connectivity index (χ3v) is 4.11. The number of halogens is 1. The first kappa shape index (κ1) is 15.9. The molecule has 0 saturated heterocycles. The van der Waals surface area contributed by atoms with E-state index in [0.717, 1.165) is 0 Å². The second kappa shape index (κ2) is 6.36. The summed E-state index contributed by atoms with van der Waals surface area (Å²) in [6.45, 7) is 3.65. The number of carboxylic acid groups (broad SMARTS) is 1. The van der Waals surface area contributed by atoms with Gasteiger partial charge >= 0.3 is 5.97 Å². The molecular weight excluding hydrogens is 290 g/mol. The summed E-state index contributed by atoms with van der Waals surface area (Å²) in [5.74, 6) is -1.14. The first-order valence-corrected chi connectivity index (χ1v) is 7.59. The molecule has 0 fully saturated rings. The van der Waals surface area contributed by atoms with E-state index in [1.807, 2.05) is 13.8 Å². The Kier molecular flexibility index (Phi) is 5.34. The number of sulfonamides is 1. The Hall–Kier alpha value is -1.11. The van der Waals surface area contributed by atoms with Gasteiger partial charge in [0, 0.05) is 5.02 Å². The van der Waals surface area contributed by atoms with Crippen LogP contribution in [0.4, 0.5) is 0 Å². The molecule has 5 nitrogen and oxygen atoms in total. The lowest BCUT2D eigenvalue weighted by Crippen LogP contribution is -2.41. The van der Waals surface area contributed by atoms with Crippen LogP contribution in [0.1, 0.15) is 20.3 Å². The number of hydrogen-bond donors (Lipinski definition) is 2. The minimum atomic E-state index is -3.89. The SMILES string of the molecule is CC(C)C[C@@H](NS(=O)(=O)c1cccc(Cl)c1)C(=O)O. The van der Waals surface area contributed by atoms with Gasteiger partial charge in [-0.05, 0) is 30.5 Å². The summed E-state index contributed by atoms with van der Waals surface area (Å²) < 4.78 is 26.3. The molecule has 0 aliphatic heterocycles. The van der Waals surface area contributed by atoms with Crippen LogP contribution in [0.3, 0.4) is 0 Å². The predicted molar refractivity (Wildman–Crippen MR) is 72.7 cm³/mol. The second-order valence-corrected chi connectivity index (χ2v) is 6.75. The zero-order valence-corrected chi connectivity index (χ0v) is 12.2. The highest BCUT2D eigenvalue weighted by atomic mass is 35.5. The van der Waals surface area contributed by atoms with Crippen molar-refractivity contribution in [2.45, 2.75) is 31.2 Å². The summed E-state index contributed by atoms with van der Waals surface area (Å²) in [6.07, 6.45) is 0.217. The van der Waals surface area contributed by atoms with E-state index in [-0.39, 0.29) is 22.3 Å². The van der Waals surface area contributed by atoms with Crippen molar-refractivity contribution in [2.24, 2.45) is 5.92 Å². The van der Waals surface area contributed by atoms with E-state index in [1.165, 1.54) is 18.2 Å². The van der Waals surface area contributed by atoms with Crippen LogP contribution in [0.5, 0.6) is 0 Å². The second-order valence-electron chi connectivity index (χ2n) is 4.60. The lowest BCUT2D eigenvalue weighted by atomic mass is 10.1. The Balaban J connectivity index is 2.97. The maximum absolute atomic E-state index is 12.0. The van der Waals surface area contributed by atoms with E-state index >= 15 is 0 Å². The van der Waals surface area contributed by atoms with Crippen molar-refractivity contribution in [1.82, 2.24) is 4.72 Å². The Labute approximate surface area is 117 Å². The molecule has 0 heterocycles. The molecule has 0 aliphatic carbocycles. The topological polar surface area (TPSA) is 83.5 Å². The quantitative estimate of drug-likeness (QED) is 0.843. The van der Waals surface area contributed by atoms with Crippen molar-refractivity contribution in [2.75, 3.05) is 0 Å². The molecule has 0 spiro atoms. The average molecular weight is 306 g/mol. The van der Waals surface area contributed by atoms with Gasteiger partial charge in [0.15, 0.2) is 0 Å². The number of nitrogens with one attached hydrogen (secondary N) is 1. The normalized spacial score (nSPS) is 13.5. The number of carboxylic acids is 1. The van der Waals surface area contributed by atoms with Crippen molar-refractivity contribution in [1.29, 1.82) is 0 Å². The van der Waals surface area contributed by atoms with Crippen molar-refractivity contribution < 1.29 is 18.3 Å². The Morgan fingerprint density at radius 2 is 2.05 bits per heavy atom. The van der Waals surface area contributed by atoms with Gasteiger partial charge in [0.05, 0.1) is 4.90 Å². The molecule has 0 aliphatic rings. The zero-order valence-electron chi connectivity index (χ0n) is 10.6. The molecular formula is C12H16ClNO4S. The van der Waals surface area contributed by atoms with E-state index in [0.29, 0.717) is 0 Å². The molecule has 0 saturated carbocycles. The van der Waals surface area contributed by atoms with Crippen LogP contribution < -0.4 is 4.72 Å². The third kappa shape index (κ3) is 4.81. The molecule has 1 aromatic carbocycles. The molecule has 0 amide bonds. The molecule has 0 bridgehead atoms. The van der Waals surface area contributed by atoms with Crippen LogP contribution in [-0.4, -0.2) is 25.5 Å². The first-order valence-electron chi connectivity index (χ1n) is 5.73. The summed E-state index contributed by atoms with van der Waals surface area (Å²) in [6, 6.07) is 4.53. The minimum absolute atomic E-state index is 0.0463. The highest BCUT2D eigenvalue weighted by Gasteiger charge is 2.26. The number of benzene rings is 1. The van der Waals surface area contributed by atoms with Gasteiger partial charge in [-0.3, -0.25) is 4.79 Å². The monoisotopic (exact) mass is 305 g/mol. The van der Waals surface area contributed by atoms with Crippen molar-refractivity contribution in [3.63, 3.8) is 0 Å². The molecule has 0 unspecified atom stereocenters. The van der Waals surface area contributed by atoms with Gasteiger partial charge in [-0.1, -0.05) is 31.5 Å². The molecule has 106 valence electrons. The Morgan fingerprint density at radius 3 is 2.53 bits per heavy atom. The fourth-order valence-electron chi connectivity index (χ4n) is 1.56. The van der Waals surface area contributed by atoms with Crippen LogP contribution in [-0.2, 0) is 14.8 Å². The highest BCUT2D eigenvalue weighted by Crippen LogP contribution is 2.16. The van der Waals surface area contributed by atoms with Crippen LogP contribution in [0, 0.1) is 5.92 Å². The van der Waals surface area contributed by atoms with Crippen LogP contribution in [0.25, 0.3) is 0 Å². The van der Waals surface area contributed by atoms with Gasteiger partial charge in [-0.15, -0.1) is 0 Å². The van der Waals surface area contributed by atoms with Crippen molar-refractivity contribution >= 4 is 27.6 Å². The Morgan fingerprint density at radius 1 is 1.42 bits per heavy atom. The molecule has 1 atom stereocenters. The number of carbonyl (C=O) groups is 1. The minimum Gasteiger partial charge on any atom is -0.480 e. The highest BCUT2D eigenvalue weighted by molar-refractivity contribution is 7.89. The standard InChI is InChI=1S/C12H16ClNO4S/c1-8(2)6-11(12(15)16)14-19(17,18)10-5-3-4-9(13)7-10/h3-5,7-8,11,14H,6H2,1-2H3,(H,15,16)/t11-/m1/s1. The van der Waals surface area contributed by atoms with Gasteiger partial charge in [0.25, 0.3) is 0 Å². The van der Waals surface area contributed by atoms with Crippen molar-refractivity contribution in [3.05, 3.63) is 29.3 Å². The fourth-order valence-corrected chi connectivity index (χ4v) is 3.06. The Bertz CT molecular complexity index is 557. The maximum atomic E-state index is 12.0. The molecule has 0 aromatic heterocycles. The number of aliphatic carboxylic acids is 1. The summed E-state index contributed by atoms with van der Waals surface area (Å²) in [5, 5.41) is 9.31. The summed E-state index contributed by atoms with van der Waals surface area (Å²) in [7, 11) is -3.89. The summed E-state index contributed by atoms with van der Waals surface area (Å²) >= 11 is 5.73. The van der Waals surface area contributed by atoms with E-state index in [2.05, 4.69) is 4.72 Å². The fraction of sp³-hybridized carbons (Fsp3) is 0.417. The van der Waals surface area contributed by atoms with E-state index < -0.39 is 22.0 Å². The number of hydrogen-bond acceptors (Lipinski definition) is 3. The largest absolute Gasteiger partial charge is 0.480 e. The van der Waals surface area contributed by atoms with Gasteiger partial charge < -0.3 is 5.11 Å². The molecule has 1 rings (SSSR count). The summed E-state index contributed by atoms with van der Waals surface area (Å²) in [5.41, 5.74) is 0. The molecule has 7 heteroatoms. The maximum Gasteiger partial charge on any atom is 0.321 e. The first-order chi connectivity index (χ1) is 8.72. The molecule has 1 aromatic rings. The van der Waals surface area contributed by atoms with Crippen LogP contribution >= 0.6 is 11.6 Å². The molecule has 19 heavy (non-hydrogen) atoms. The number of rotatable bonds is 6. The van der Waals surface area contributed by atoms with Crippen molar-refractivity contribution in [3.8, 4) is 0 Å². The van der Waals surface area contributed by atoms with E-state index in [9.17, 15) is 13.2 Å². The third-order valence-electron chi connectivity index (χ3n) is 2.41. The lowest BCUT2D eigenvalue weighted by molar-refractivity contribution is -0.139. The van der Waals surface area contributed by atoms with E-state index in [1.54, 1.807) is 6.07 Å². The van der Waals surface area contributed by atoms with Crippen LogP contribution in [0.15, 0.2) is 29.2 Å². The summed E-state index contributed by atoms with van der Waals surface area (Å²) in [4.78, 5) is 11.0. The van der Waals surface area contributed by atoms with Gasteiger partial charge in [0.1, 0.15) is 6.04 Å². The van der Waals surface area contributed by atoms with Gasteiger partial charge in [-0.25, -0.2) is 8.42 Å². The van der Waals surface area contributed by atoms with Crippen LogP contribution in [0.2, 0.25) is 5.02 Å². The van der Waals surface area contributed by atoms with E-state index in [4.69, 9.17) is 16.7 Å². The van der Waals surface area contributed by atoms with Gasteiger partial charge in [0.2, 0.25) is 10.0 Å². The smallest absolute Gasteiger partial charge is 0.321 e. The average Bonchev–Trinajstić information content (AvgIpc) is 2.27.